The molecule has 2 aromatic rings. The van der Waals surface area contributed by atoms with Gasteiger partial charge in [-0.25, -0.2) is 0 Å². The maximum absolute atomic E-state index is 12.5. The van der Waals surface area contributed by atoms with Crippen LogP contribution in [0.2, 0.25) is 0 Å². The molecule has 1 heterocycles. The highest BCUT2D eigenvalue weighted by molar-refractivity contribution is 9.10. The molecule has 102 valence electrons. The molecule has 2 N–H and O–H groups in total. The molecule has 0 fully saturated rings. The van der Waals surface area contributed by atoms with E-state index in [0.29, 0.717) is 6.54 Å². The smallest absolute Gasteiger partial charge is 0.233 e. The van der Waals surface area contributed by atoms with Gasteiger partial charge in [-0.3, -0.25) is 4.79 Å². The Kier molecular flexibility index (Phi) is 3.85. The van der Waals surface area contributed by atoms with Gasteiger partial charge in [-0.15, -0.1) is 0 Å². The summed E-state index contributed by atoms with van der Waals surface area (Å²) in [6.07, 6.45) is 0. The molecule has 0 aliphatic carbocycles. The number of nitrogens with one attached hydrogen (secondary N) is 2. The lowest BCUT2D eigenvalue weighted by Crippen LogP contribution is -2.35. The zero-order chi connectivity index (χ0) is 13.9. The summed E-state index contributed by atoms with van der Waals surface area (Å²) in [4.78, 5) is 12.5. The molecule has 0 bridgehead atoms. The van der Waals surface area contributed by atoms with E-state index in [-0.39, 0.29) is 11.8 Å². The van der Waals surface area contributed by atoms with Crippen molar-refractivity contribution in [1.82, 2.24) is 5.32 Å². The van der Waals surface area contributed by atoms with Gasteiger partial charge in [0, 0.05) is 23.2 Å². The summed E-state index contributed by atoms with van der Waals surface area (Å²) in [6, 6.07) is 15.7. The van der Waals surface area contributed by atoms with Crippen molar-refractivity contribution < 1.29 is 4.79 Å². The van der Waals surface area contributed by atoms with Crippen LogP contribution in [-0.4, -0.2) is 12.5 Å². The molecule has 1 amide bonds. The second-order valence-electron chi connectivity index (χ2n) is 4.88. The fraction of sp³-hybridized carbons (Fsp3) is 0.188. The summed E-state index contributed by atoms with van der Waals surface area (Å²) in [5.41, 5.74) is 3.15. The van der Waals surface area contributed by atoms with Crippen molar-refractivity contribution in [2.45, 2.75) is 12.5 Å². The fourth-order valence-electron chi connectivity index (χ4n) is 2.49. The molecule has 20 heavy (non-hydrogen) atoms. The standard InChI is InChI=1S/C16H15BrN2O/c17-12-5-7-13(8-6-12)19-16(20)15-10-18-9-11-3-1-2-4-14(11)15/h1-8,15,18H,9-10H2,(H,19,20). The fourth-order valence-corrected chi connectivity index (χ4v) is 2.76. The monoisotopic (exact) mass is 330 g/mol. The zero-order valence-electron chi connectivity index (χ0n) is 10.9. The van der Waals surface area contributed by atoms with Gasteiger partial charge in [0.05, 0.1) is 5.92 Å². The van der Waals surface area contributed by atoms with Crippen LogP contribution in [0.4, 0.5) is 5.69 Å². The predicted molar refractivity (Wildman–Crippen MR) is 83.7 cm³/mol. The minimum absolute atomic E-state index is 0.0342. The summed E-state index contributed by atoms with van der Waals surface area (Å²) in [5.74, 6) is -0.101. The van der Waals surface area contributed by atoms with Gasteiger partial charge in [-0.05, 0) is 35.4 Å². The molecule has 0 saturated carbocycles. The summed E-state index contributed by atoms with van der Waals surface area (Å²) >= 11 is 3.39. The summed E-state index contributed by atoms with van der Waals surface area (Å²) in [7, 11) is 0. The van der Waals surface area contributed by atoms with Crippen LogP contribution in [0.25, 0.3) is 0 Å². The molecular formula is C16H15BrN2O. The van der Waals surface area contributed by atoms with E-state index in [9.17, 15) is 4.79 Å². The molecule has 1 unspecified atom stereocenters. The van der Waals surface area contributed by atoms with Crippen LogP contribution < -0.4 is 10.6 Å². The number of carbonyl (C=O) groups excluding carboxylic acids is 1. The minimum atomic E-state index is -0.136. The van der Waals surface area contributed by atoms with Gasteiger partial charge in [-0.2, -0.15) is 0 Å². The Hall–Kier alpha value is -1.65. The molecule has 0 aromatic heterocycles. The number of carbonyl (C=O) groups is 1. The Bertz CT molecular complexity index is 625. The number of halogens is 1. The van der Waals surface area contributed by atoms with E-state index in [2.05, 4.69) is 32.6 Å². The molecule has 3 rings (SSSR count). The van der Waals surface area contributed by atoms with Crippen molar-refractivity contribution >= 4 is 27.5 Å². The summed E-state index contributed by atoms with van der Waals surface area (Å²) < 4.78 is 1.00. The van der Waals surface area contributed by atoms with Gasteiger partial charge >= 0.3 is 0 Å². The first-order chi connectivity index (χ1) is 9.74. The Labute approximate surface area is 126 Å². The molecule has 0 spiro atoms. The number of fused-ring (bicyclic) bond motifs is 1. The van der Waals surface area contributed by atoms with Crippen LogP contribution in [0.5, 0.6) is 0 Å². The molecule has 0 radical (unpaired) electrons. The minimum Gasteiger partial charge on any atom is -0.326 e. The van der Waals surface area contributed by atoms with Crippen LogP contribution in [0.15, 0.2) is 53.0 Å². The number of benzene rings is 2. The van der Waals surface area contributed by atoms with Crippen molar-refractivity contribution in [3.8, 4) is 0 Å². The zero-order valence-corrected chi connectivity index (χ0v) is 12.5. The third-order valence-corrected chi connectivity index (χ3v) is 4.05. The Balaban J connectivity index is 1.80. The van der Waals surface area contributed by atoms with Crippen molar-refractivity contribution in [3.63, 3.8) is 0 Å². The highest BCUT2D eigenvalue weighted by atomic mass is 79.9. The quantitative estimate of drug-likeness (QED) is 0.887. The van der Waals surface area contributed by atoms with Gasteiger partial charge in [0.1, 0.15) is 0 Å². The van der Waals surface area contributed by atoms with Gasteiger partial charge < -0.3 is 10.6 Å². The highest BCUT2D eigenvalue weighted by Crippen LogP contribution is 2.25. The van der Waals surface area contributed by atoms with E-state index in [4.69, 9.17) is 0 Å². The van der Waals surface area contributed by atoms with E-state index >= 15 is 0 Å². The van der Waals surface area contributed by atoms with Gasteiger partial charge in [0.15, 0.2) is 0 Å². The second-order valence-corrected chi connectivity index (χ2v) is 5.79. The Morgan fingerprint density at radius 3 is 2.70 bits per heavy atom. The van der Waals surface area contributed by atoms with E-state index in [0.717, 1.165) is 22.3 Å². The SMILES string of the molecule is O=C(Nc1ccc(Br)cc1)C1CNCc2ccccc21. The number of hydrogen-bond donors (Lipinski definition) is 2. The third kappa shape index (κ3) is 2.76. The number of anilines is 1. The van der Waals surface area contributed by atoms with E-state index in [1.54, 1.807) is 0 Å². The molecule has 2 aromatic carbocycles. The molecule has 3 nitrogen and oxygen atoms in total. The Morgan fingerprint density at radius 1 is 1.15 bits per heavy atom. The second kappa shape index (κ2) is 5.77. The van der Waals surface area contributed by atoms with E-state index in [1.165, 1.54) is 5.56 Å². The summed E-state index contributed by atoms with van der Waals surface area (Å²) in [6.45, 7) is 1.51. The van der Waals surface area contributed by atoms with Crippen LogP contribution >= 0.6 is 15.9 Å². The van der Waals surface area contributed by atoms with Gasteiger partial charge in [0.25, 0.3) is 0 Å². The average molecular weight is 331 g/mol. The van der Waals surface area contributed by atoms with E-state index in [1.807, 2.05) is 42.5 Å². The topological polar surface area (TPSA) is 41.1 Å². The lowest BCUT2D eigenvalue weighted by Gasteiger charge is -2.25. The van der Waals surface area contributed by atoms with Crippen LogP contribution in [-0.2, 0) is 11.3 Å². The normalized spacial score (nSPS) is 17.4. The van der Waals surface area contributed by atoms with Crippen molar-refractivity contribution in [3.05, 3.63) is 64.1 Å². The molecule has 1 atom stereocenters. The lowest BCUT2D eigenvalue weighted by atomic mass is 9.90. The molecule has 0 saturated heterocycles. The maximum atomic E-state index is 12.5. The first-order valence-corrected chi connectivity index (χ1v) is 7.38. The lowest BCUT2D eigenvalue weighted by molar-refractivity contribution is -0.117. The predicted octanol–water partition coefficient (Wildman–Crippen LogP) is 3.27. The van der Waals surface area contributed by atoms with Crippen molar-refractivity contribution in [2.75, 3.05) is 11.9 Å². The van der Waals surface area contributed by atoms with Crippen LogP contribution in [0, 0.1) is 0 Å². The highest BCUT2D eigenvalue weighted by Gasteiger charge is 2.25. The first kappa shape index (κ1) is 13.3. The third-order valence-electron chi connectivity index (χ3n) is 3.52. The number of hydrogen-bond acceptors (Lipinski definition) is 2. The molecular weight excluding hydrogens is 316 g/mol. The first-order valence-electron chi connectivity index (χ1n) is 6.59. The Morgan fingerprint density at radius 2 is 1.90 bits per heavy atom. The van der Waals surface area contributed by atoms with Gasteiger partial charge in [-0.1, -0.05) is 40.2 Å². The van der Waals surface area contributed by atoms with Crippen molar-refractivity contribution in [1.29, 1.82) is 0 Å². The molecule has 1 aliphatic heterocycles. The largest absolute Gasteiger partial charge is 0.326 e. The van der Waals surface area contributed by atoms with Gasteiger partial charge in [0.2, 0.25) is 5.91 Å². The average Bonchev–Trinajstić information content (AvgIpc) is 2.49. The van der Waals surface area contributed by atoms with Crippen molar-refractivity contribution in [2.24, 2.45) is 0 Å². The summed E-state index contributed by atoms with van der Waals surface area (Å²) in [5, 5.41) is 6.28. The molecule has 1 aliphatic rings. The van der Waals surface area contributed by atoms with Crippen LogP contribution in [0.3, 0.4) is 0 Å². The number of amides is 1. The van der Waals surface area contributed by atoms with E-state index < -0.39 is 0 Å². The number of rotatable bonds is 2. The maximum Gasteiger partial charge on any atom is 0.233 e. The molecule has 4 heteroatoms. The van der Waals surface area contributed by atoms with Crippen LogP contribution in [0.1, 0.15) is 17.0 Å².